The van der Waals surface area contributed by atoms with E-state index in [0.717, 1.165) is 46.5 Å². The maximum Gasteiger partial charge on any atom is 0.269 e. The third-order valence-electron chi connectivity index (χ3n) is 6.73. The summed E-state index contributed by atoms with van der Waals surface area (Å²) in [5, 5.41) is 15.4. The summed E-state index contributed by atoms with van der Waals surface area (Å²) in [6.07, 6.45) is 3.01. The number of anilines is 1. The first-order valence-electron chi connectivity index (χ1n) is 12.1. The van der Waals surface area contributed by atoms with Crippen LogP contribution < -0.4 is 28.8 Å². The average Bonchev–Trinajstić information content (AvgIpc) is 3.38. The molecule has 0 saturated heterocycles. The Hall–Kier alpha value is -4.86. The van der Waals surface area contributed by atoms with Gasteiger partial charge in [0.1, 0.15) is 0 Å². The molecule has 2 aliphatic rings. The second-order valence-electron chi connectivity index (χ2n) is 9.02. The highest BCUT2D eigenvalue weighted by Gasteiger charge is 2.28. The largest absolute Gasteiger partial charge is 0.493 e. The third kappa shape index (κ3) is 4.30. The Morgan fingerprint density at radius 2 is 1.89 bits per heavy atom. The van der Waals surface area contributed by atoms with Crippen LogP contribution in [0.1, 0.15) is 12.0 Å². The zero-order valence-corrected chi connectivity index (χ0v) is 20.6. The zero-order valence-electron chi connectivity index (χ0n) is 20.6. The number of aromatic nitrogens is 1. The highest BCUT2D eigenvalue weighted by Crippen LogP contribution is 2.41. The summed E-state index contributed by atoms with van der Waals surface area (Å²) in [5.74, 6) is 2.42. The van der Waals surface area contributed by atoms with Crippen molar-refractivity contribution >= 4 is 28.1 Å². The number of non-ortho nitro benzene ring substituents is 1. The van der Waals surface area contributed by atoms with Crippen molar-refractivity contribution in [2.45, 2.75) is 19.4 Å². The summed E-state index contributed by atoms with van der Waals surface area (Å²) >= 11 is 0. The van der Waals surface area contributed by atoms with Crippen LogP contribution in [0, 0.1) is 10.1 Å². The summed E-state index contributed by atoms with van der Waals surface area (Å²) in [6.45, 7) is 1.16. The van der Waals surface area contributed by atoms with E-state index in [1.165, 1.54) is 29.8 Å². The van der Waals surface area contributed by atoms with Crippen LogP contribution in [0.4, 0.5) is 11.4 Å². The number of amides is 1. The molecule has 0 unspecified atom stereocenters. The summed E-state index contributed by atoms with van der Waals surface area (Å²) in [6, 6.07) is 15.8. The van der Waals surface area contributed by atoms with Gasteiger partial charge in [-0.25, -0.2) is 0 Å². The molecule has 2 aliphatic heterocycles. The number of carbonyl (C=O) groups is 1. The second kappa shape index (κ2) is 9.55. The predicted octanol–water partition coefficient (Wildman–Crippen LogP) is 4.40. The van der Waals surface area contributed by atoms with E-state index in [9.17, 15) is 14.9 Å². The van der Waals surface area contributed by atoms with Crippen molar-refractivity contribution in [3.8, 4) is 34.3 Å². The number of benzene rings is 3. The summed E-state index contributed by atoms with van der Waals surface area (Å²) < 4.78 is 25.0. The van der Waals surface area contributed by atoms with Gasteiger partial charge in [-0.15, -0.1) is 0 Å². The Kier molecular flexibility index (Phi) is 5.91. The molecule has 38 heavy (non-hydrogen) atoms. The Labute approximate surface area is 217 Å². The molecule has 192 valence electrons. The lowest BCUT2D eigenvalue weighted by molar-refractivity contribution is -0.686. The van der Waals surface area contributed by atoms with Gasteiger partial charge in [0.25, 0.3) is 5.69 Å². The lowest BCUT2D eigenvalue weighted by Gasteiger charge is -2.18. The van der Waals surface area contributed by atoms with E-state index in [1.807, 2.05) is 18.2 Å². The number of nitrogens with one attached hydrogen (secondary N) is 1. The molecule has 3 aromatic carbocycles. The molecule has 0 bridgehead atoms. The van der Waals surface area contributed by atoms with Crippen molar-refractivity contribution in [2.75, 3.05) is 25.8 Å². The Bertz CT molecular complexity index is 1580. The lowest BCUT2D eigenvalue weighted by atomic mass is 9.95. The topological polar surface area (TPSA) is 113 Å². The van der Waals surface area contributed by atoms with Crippen LogP contribution in [0.25, 0.3) is 22.0 Å². The lowest BCUT2D eigenvalue weighted by Crippen LogP contribution is -2.40. The number of ether oxygens (including phenoxy) is 4. The summed E-state index contributed by atoms with van der Waals surface area (Å²) in [7, 11) is 1.58. The van der Waals surface area contributed by atoms with E-state index in [2.05, 4.69) is 28.2 Å². The van der Waals surface area contributed by atoms with Crippen LogP contribution in [0.15, 0.2) is 60.8 Å². The SMILES string of the molecule is COc1ccc2cc3[n+](cc2c1OCCC(=O)Nc1ccc([N+](=O)[O-])cc1)CCc1cc2c(cc1-3)OCO2. The molecule has 1 amide bonds. The molecular formula is C28H24N3O7+. The van der Waals surface area contributed by atoms with Crippen molar-refractivity contribution < 1.29 is 33.2 Å². The smallest absolute Gasteiger partial charge is 0.269 e. The van der Waals surface area contributed by atoms with Gasteiger partial charge < -0.3 is 24.3 Å². The van der Waals surface area contributed by atoms with Crippen LogP contribution in [0.2, 0.25) is 0 Å². The molecule has 0 fully saturated rings. The summed E-state index contributed by atoms with van der Waals surface area (Å²) in [4.78, 5) is 22.8. The molecule has 3 heterocycles. The molecule has 0 saturated carbocycles. The fourth-order valence-corrected chi connectivity index (χ4v) is 4.84. The van der Waals surface area contributed by atoms with Crippen molar-refractivity contribution in [1.29, 1.82) is 0 Å². The average molecular weight is 515 g/mol. The van der Waals surface area contributed by atoms with Gasteiger partial charge in [0.05, 0.1) is 36.0 Å². The quantitative estimate of drug-likeness (QED) is 0.221. The first-order valence-corrected chi connectivity index (χ1v) is 12.1. The number of aryl methyl sites for hydroxylation is 2. The number of hydrogen-bond donors (Lipinski definition) is 1. The maximum absolute atomic E-state index is 12.4. The number of nitrogens with zero attached hydrogens (tertiary/aromatic N) is 2. The summed E-state index contributed by atoms with van der Waals surface area (Å²) in [5.41, 5.74) is 3.86. The van der Waals surface area contributed by atoms with Gasteiger partial charge in [-0.2, -0.15) is 4.57 Å². The van der Waals surface area contributed by atoms with Crippen molar-refractivity contribution in [3.63, 3.8) is 0 Å². The Morgan fingerprint density at radius 1 is 1.11 bits per heavy atom. The number of hydrogen-bond acceptors (Lipinski definition) is 7. The van der Waals surface area contributed by atoms with Crippen molar-refractivity contribution in [3.05, 3.63) is 76.5 Å². The van der Waals surface area contributed by atoms with Crippen LogP contribution >= 0.6 is 0 Å². The molecule has 10 nitrogen and oxygen atoms in total. The molecule has 1 N–H and O–H groups in total. The number of fused-ring (bicyclic) bond motifs is 5. The first-order chi connectivity index (χ1) is 18.5. The molecule has 4 aromatic rings. The Morgan fingerprint density at radius 3 is 2.66 bits per heavy atom. The van der Waals surface area contributed by atoms with Crippen molar-refractivity contribution in [1.82, 2.24) is 0 Å². The first kappa shape index (κ1) is 23.5. The zero-order chi connectivity index (χ0) is 26.2. The van der Waals surface area contributed by atoms with Crippen LogP contribution in [0.3, 0.4) is 0 Å². The van der Waals surface area contributed by atoms with Crippen molar-refractivity contribution in [2.24, 2.45) is 0 Å². The predicted molar refractivity (Wildman–Crippen MR) is 138 cm³/mol. The highest BCUT2D eigenvalue weighted by molar-refractivity contribution is 5.92. The van der Waals surface area contributed by atoms with Gasteiger partial charge in [0.15, 0.2) is 35.7 Å². The number of methoxy groups -OCH3 is 1. The van der Waals surface area contributed by atoms with Gasteiger partial charge >= 0.3 is 0 Å². The number of nitro groups is 1. The third-order valence-corrected chi connectivity index (χ3v) is 6.73. The van der Waals surface area contributed by atoms with Gasteiger partial charge in [-0.1, -0.05) is 0 Å². The van der Waals surface area contributed by atoms with Gasteiger partial charge in [-0.05, 0) is 47.3 Å². The minimum atomic E-state index is -0.486. The molecule has 0 atom stereocenters. The monoisotopic (exact) mass is 514 g/mol. The normalized spacial score (nSPS) is 13.0. The van der Waals surface area contributed by atoms with Gasteiger partial charge in [-0.3, -0.25) is 14.9 Å². The fourth-order valence-electron chi connectivity index (χ4n) is 4.84. The number of rotatable bonds is 7. The highest BCUT2D eigenvalue weighted by atomic mass is 16.7. The van der Waals surface area contributed by atoms with E-state index in [1.54, 1.807) is 7.11 Å². The molecule has 0 radical (unpaired) electrons. The molecule has 6 rings (SSSR count). The molecule has 1 aromatic heterocycles. The van der Waals surface area contributed by atoms with Gasteiger partial charge in [0, 0.05) is 30.3 Å². The van der Waals surface area contributed by atoms with E-state index in [-0.39, 0.29) is 31.4 Å². The molecular weight excluding hydrogens is 490 g/mol. The maximum atomic E-state index is 12.4. The minimum Gasteiger partial charge on any atom is -0.493 e. The van der Waals surface area contributed by atoms with Crippen LogP contribution in [-0.4, -0.2) is 31.3 Å². The van der Waals surface area contributed by atoms with Gasteiger partial charge in [0.2, 0.25) is 18.4 Å². The second-order valence-corrected chi connectivity index (χ2v) is 9.02. The molecule has 10 heteroatoms. The number of pyridine rings is 1. The van der Waals surface area contributed by atoms with E-state index >= 15 is 0 Å². The van der Waals surface area contributed by atoms with Crippen LogP contribution in [0.5, 0.6) is 23.0 Å². The number of nitro benzene ring substituents is 1. The van der Waals surface area contributed by atoms with E-state index in [0.29, 0.717) is 17.2 Å². The Balaban J connectivity index is 1.22. The van der Waals surface area contributed by atoms with Crippen LogP contribution in [-0.2, 0) is 17.8 Å². The minimum absolute atomic E-state index is 0.0378. The number of carbonyl (C=O) groups excluding carboxylic acids is 1. The van der Waals surface area contributed by atoms with E-state index in [4.69, 9.17) is 18.9 Å². The van der Waals surface area contributed by atoms with E-state index < -0.39 is 4.92 Å². The standard InChI is InChI=1S/C28H23N3O7/c1-35-24-7-2-17-12-23-21-14-26-25(37-16-38-26)13-18(21)8-10-30(23)15-22(17)28(24)36-11-9-27(32)29-19-3-5-20(6-4-19)31(33)34/h2-7,12-15H,8-11,16H2,1H3/p+1. The fraction of sp³-hybridized carbons (Fsp3) is 0.214. The molecule has 0 spiro atoms. The molecule has 0 aliphatic carbocycles.